The Morgan fingerprint density at radius 2 is 1.69 bits per heavy atom. The van der Waals surface area contributed by atoms with Gasteiger partial charge in [-0.15, -0.1) is 0 Å². The average Bonchev–Trinajstić information content (AvgIpc) is 2.75. The summed E-state index contributed by atoms with van der Waals surface area (Å²) in [5.74, 6) is 1.27. The minimum atomic E-state index is -3.42. The molecule has 3 rings (SSSR count). The highest BCUT2D eigenvalue weighted by Crippen LogP contribution is 2.39. The smallest absolute Gasteiger partial charge is 0.426 e. The second-order valence-electron chi connectivity index (χ2n) is 7.74. The van der Waals surface area contributed by atoms with Crippen molar-refractivity contribution in [3.63, 3.8) is 0 Å². The first kappa shape index (κ1) is 21.0. The van der Waals surface area contributed by atoms with E-state index >= 15 is 0 Å². The third kappa shape index (κ3) is 5.67. The first-order valence-electron chi connectivity index (χ1n) is 10.3. The minimum absolute atomic E-state index is 0.0364. The Labute approximate surface area is 171 Å². The van der Waals surface area contributed by atoms with Gasteiger partial charge in [-0.2, -0.15) is 14.0 Å². The number of hydrogen-bond acceptors (Lipinski definition) is 2. The zero-order valence-electron chi connectivity index (χ0n) is 16.8. The Kier molecular flexibility index (Phi) is 7.04. The van der Waals surface area contributed by atoms with Crippen molar-refractivity contribution in [2.75, 3.05) is 0 Å². The molecular weight excluding hydrogens is 368 g/mol. The maximum atomic E-state index is 14.5. The molecule has 29 heavy (non-hydrogen) atoms. The van der Waals surface area contributed by atoms with Crippen molar-refractivity contribution >= 4 is 0 Å². The highest BCUT2D eigenvalue weighted by atomic mass is 19.3. The number of nitriles is 1. The Hall–Kier alpha value is -2.67. The molecular formula is C25H27F2NO. The Morgan fingerprint density at radius 1 is 1.03 bits per heavy atom. The third-order valence-electron chi connectivity index (χ3n) is 5.77. The van der Waals surface area contributed by atoms with Gasteiger partial charge < -0.3 is 4.74 Å². The van der Waals surface area contributed by atoms with Crippen LogP contribution in [0.15, 0.2) is 60.7 Å². The van der Waals surface area contributed by atoms with Crippen molar-refractivity contribution in [3.05, 3.63) is 77.4 Å². The molecule has 2 aromatic rings. The van der Waals surface area contributed by atoms with Crippen molar-refractivity contribution < 1.29 is 13.5 Å². The van der Waals surface area contributed by atoms with E-state index in [1.807, 2.05) is 18.2 Å². The number of nitrogens with zero attached hydrogens (tertiary/aromatic N) is 1. The molecule has 0 aromatic heterocycles. The molecule has 2 aromatic carbocycles. The lowest BCUT2D eigenvalue weighted by molar-refractivity contribution is -0.185. The number of halogens is 2. The van der Waals surface area contributed by atoms with Gasteiger partial charge in [0.05, 0.1) is 17.2 Å². The summed E-state index contributed by atoms with van der Waals surface area (Å²) in [7, 11) is 0. The number of hydrogen-bond donors (Lipinski definition) is 0. The second-order valence-corrected chi connectivity index (χ2v) is 7.74. The average molecular weight is 395 g/mol. The molecule has 0 heterocycles. The summed E-state index contributed by atoms with van der Waals surface area (Å²) < 4.78 is 33.9. The van der Waals surface area contributed by atoms with E-state index in [1.165, 1.54) is 55.7 Å². The van der Waals surface area contributed by atoms with Crippen molar-refractivity contribution in [1.29, 1.82) is 5.26 Å². The van der Waals surface area contributed by atoms with Crippen molar-refractivity contribution in [2.45, 2.75) is 57.5 Å². The Morgan fingerprint density at radius 3 is 2.28 bits per heavy atom. The quantitative estimate of drug-likeness (QED) is 0.460. The van der Waals surface area contributed by atoms with Gasteiger partial charge in [-0.25, -0.2) is 0 Å². The molecule has 0 amide bonds. The fraction of sp³-hybridized carbons (Fsp3) is 0.400. The Bertz CT molecular complexity index is 842. The fourth-order valence-corrected chi connectivity index (χ4v) is 4.04. The summed E-state index contributed by atoms with van der Waals surface area (Å²) in [5.41, 5.74) is 1.38. The summed E-state index contributed by atoms with van der Waals surface area (Å²) in [4.78, 5) is 0. The highest BCUT2D eigenvalue weighted by Gasteiger charge is 2.34. The van der Waals surface area contributed by atoms with Crippen LogP contribution in [0.2, 0.25) is 0 Å². The first-order chi connectivity index (χ1) is 14.0. The minimum Gasteiger partial charge on any atom is -0.429 e. The predicted molar refractivity (Wildman–Crippen MR) is 111 cm³/mol. The molecule has 1 aliphatic rings. The number of allylic oxidation sites excluding steroid dienone is 2. The van der Waals surface area contributed by atoms with Crippen molar-refractivity contribution in [1.82, 2.24) is 0 Å². The summed E-state index contributed by atoms with van der Waals surface area (Å²) in [6.07, 6.45) is 7.97. The number of benzene rings is 2. The van der Waals surface area contributed by atoms with Crippen LogP contribution in [0.25, 0.3) is 0 Å². The maximum Gasteiger partial charge on any atom is 0.426 e. The van der Waals surface area contributed by atoms with Crippen LogP contribution in [0.3, 0.4) is 0 Å². The molecule has 0 atom stereocenters. The molecule has 1 saturated carbocycles. The van der Waals surface area contributed by atoms with Gasteiger partial charge in [-0.05, 0) is 99.2 Å². The van der Waals surface area contributed by atoms with Crippen LogP contribution in [0.1, 0.15) is 68.1 Å². The summed E-state index contributed by atoms with van der Waals surface area (Å²) >= 11 is 0. The van der Waals surface area contributed by atoms with Gasteiger partial charge in [0.2, 0.25) is 0 Å². The van der Waals surface area contributed by atoms with Crippen LogP contribution in [0, 0.1) is 17.2 Å². The van der Waals surface area contributed by atoms with Gasteiger partial charge in [-0.3, -0.25) is 0 Å². The lowest BCUT2D eigenvalue weighted by Crippen LogP contribution is -2.22. The molecule has 0 saturated heterocycles. The third-order valence-corrected chi connectivity index (χ3v) is 5.77. The normalized spacial score (nSPS) is 19.8. The summed E-state index contributed by atoms with van der Waals surface area (Å²) in [5, 5.41) is 8.79. The van der Waals surface area contributed by atoms with E-state index in [0.29, 0.717) is 11.5 Å². The molecule has 1 aliphatic carbocycles. The van der Waals surface area contributed by atoms with Crippen LogP contribution in [-0.2, 0) is 6.11 Å². The zero-order valence-corrected chi connectivity index (χ0v) is 16.8. The van der Waals surface area contributed by atoms with Crippen LogP contribution in [0.5, 0.6) is 5.75 Å². The van der Waals surface area contributed by atoms with Crippen LogP contribution >= 0.6 is 0 Å². The van der Waals surface area contributed by atoms with Gasteiger partial charge in [0.25, 0.3) is 0 Å². The van der Waals surface area contributed by atoms with E-state index in [-0.39, 0.29) is 11.3 Å². The second kappa shape index (κ2) is 9.69. The summed E-state index contributed by atoms with van der Waals surface area (Å²) in [6.45, 7) is 2.06. The molecule has 2 nitrogen and oxygen atoms in total. The molecule has 0 radical (unpaired) electrons. The molecule has 0 bridgehead atoms. The Balaban J connectivity index is 1.58. The highest BCUT2D eigenvalue weighted by molar-refractivity contribution is 5.35. The molecule has 0 aliphatic heterocycles. The van der Waals surface area contributed by atoms with E-state index in [1.54, 1.807) is 0 Å². The number of alkyl halides is 2. The van der Waals surface area contributed by atoms with Crippen LogP contribution in [-0.4, -0.2) is 0 Å². The SMILES string of the molecule is C/C=C\CC[C@H]1CC[C@H](c2ccc(C(F)(F)Oc3ccc(C#N)cc3)cc2)CC1. The van der Waals surface area contributed by atoms with Gasteiger partial charge in [0, 0.05) is 0 Å². The van der Waals surface area contributed by atoms with E-state index in [2.05, 4.69) is 19.1 Å². The topological polar surface area (TPSA) is 33.0 Å². The monoisotopic (exact) mass is 395 g/mol. The number of ether oxygens (including phenoxy) is 1. The maximum absolute atomic E-state index is 14.5. The van der Waals surface area contributed by atoms with Crippen molar-refractivity contribution in [2.24, 2.45) is 5.92 Å². The standard InChI is InChI=1S/C25H27F2NO/c1-2-3-4-5-19-6-10-21(11-7-19)22-12-14-23(15-13-22)25(26,27)29-24-16-8-20(18-28)9-17-24/h2-3,8-9,12-17,19,21H,4-7,10-11H2,1H3/b3-2-/t19-,21-. The largest absolute Gasteiger partial charge is 0.429 e. The molecule has 152 valence electrons. The predicted octanol–water partition coefficient (Wildman–Crippen LogP) is 7.32. The van der Waals surface area contributed by atoms with E-state index in [4.69, 9.17) is 10.00 Å². The van der Waals surface area contributed by atoms with Crippen LogP contribution < -0.4 is 4.74 Å². The van der Waals surface area contributed by atoms with Crippen molar-refractivity contribution in [3.8, 4) is 11.8 Å². The zero-order chi connectivity index (χ0) is 20.7. The summed E-state index contributed by atoms with van der Waals surface area (Å²) in [6, 6.07) is 14.2. The lowest BCUT2D eigenvalue weighted by atomic mass is 9.77. The molecule has 4 heteroatoms. The van der Waals surface area contributed by atoms with E-state index < -0.39 is 6.11 Å². The number of rotatable bonds is 7. The van der Waals surface area contributed by atoms with E-state index in [0.717, 1.165) is 30.7 Å². The molecule has 0 N–H and O–H groups in total. The van der Waals surface area contributed by atoms with Gasteiger partial charge in [-0.1, -0.05) is 24.3 Å². The first-order valence-corrected chi connectivity index (χ1v) is 10.3. The molecule has 0 unspecified atom stereocenters. The molecule has 0 spiro atoms. The van der Waals surface area contributed by atoms with Gasteiger partial charge in [0.1, 0.15) is 5.75 Å². The van der Waals surface area contributed by atoms with Crippen LogP contribution in [0.4, 0.5) is 8.78 Å². The van der Waals surface area contributed by atoms with Gasteiger partial charge in [0.15, 0.2) is 0 Å². The fourth-order valence-electron chi connectivity index (χ4n) is 4.04. The van der Waals surface area contributed by atoms with E-state index in [9.17, 15) is 8.78 Å². The van der Waals surface area contributed by atoms with Gasteiger partial charge >= 0.3 is 6.11 Å². The lowest BCUT2D eigenvalue weighted by Gasteiger charge is -2.29. The molecule has 1 fully saturated rings.